The van der Waals surface area contributed by atoms with Crippen LogP contribution in [-0.4, -0.2) is 6.54 Å². The Labute approximate surface area is 109 Å². The number of aryl methyl sites for hydroxylation is 1. The molecule has 2 aromatic rings. The zero-order chi connectivity index (χ0) is 13.3. The Morgan fingerprint density at radius 1 is 1.22 bits per heavy atom. The van der Waals surface area contributed by atoms with E-state index in [1.165, 1.54) is 22.1 Å². The lowest BCUT2D eigenvalue weighted by Crippen LogP contribution is -2.12. The third-order valence-corrected chi connectivity index (χ3v) is 3.44. The molecule has 0 aliphatic carbocycles. The summed E-state index contributed by atoms with van der Waals surface area (Å²) in [6.07, 6.45) is 3.79. The summed E-state index contributed by atoms with van der Waals surface area (Å²) in [7, 11) is 0. The average molecular weight is 245 g/mol. The van der Waals surface area contributed by atoms with E-state index in [0.29, 0.717) is 6.54 Å². The second-order valence-corrected chi connectivity index (χ2v) is 5.92. The third-order valence-electron chi connectivity index (χ3n) is 3.44. The molecular formula is C16H23NO. The zero-order valence-corrected chi connectivity index (χ0v) is 11.8. The van der Waals surface area contributed by atoms with Crippen LogP contribution < -0.4 is 5.73 Å². The first-order valence-corrected chi connectivity index (χ1v) is 6.71. The fourth-order valence-corrected chi connectivity index (χ4v) is 2.36. The summed E-state index contributed by atoms with van der Waals surface area (Å²) in [6, 6.07) is 4.52. The van der Waals surface area contributed by atoms with Gasteiger partial charge in [0.05, 0.1) is 6.26 Å². The van der Waals surface area contributed by atoms with Crippen molar-refractivity contribution in [2.24, 2.45) is 5.73 Å². The van der Waals surface area contributed by atoms with Gasteiger partial charge in [-0.15, -0.1) is 0 Å². The van der Waals surface area contributed by atoms with E-state index in [2.05, 4.69) is 39.8 Å². The van der Waals surface area contributed by atoms with E-state index in [1.54, 1.807) is 0 Å². The Kier molecular flexibility index (Phi) is 3.49. The normalized spacial score (nSPS) is 12.3. The highest BCUT2D eigenvalue weighted by Gasteiger charge is 2.21. The van der Waals surface area contributed by atoms with E-state index in [0.717, 1.165) is 18.4 Å². The van der Waals surface area contributed by atoms with Gasteiger partial charge in [-0.1, -0.05) is 33.8 Å². The van der Waals surface area contributed by atoms with Crippen LogP contribution in [0, 0.1) is 0 Å². The first-order valence-electron chi connectivity index (χ1n) is 6.71. The molecule has 0 radical (unpaired) electrons. The number of hydrogen-bond donors (Lipinski definition) is 1. The lowest BCUT2D eigenvalue weighted by atomic mass is 9.84. The average Bonchev–Trinajstić information content (AvgIpc) is 2.70. The summed E-state index contributed by atoms with van der Waals surface area (Å²) in [4.78, 5) is 0. The van der Waals surface area contributed by atoms with Crippen LogP contribution >= 0.6 is 0 Å². The maximum atomic E-state index is 5.80. The molecule has 0 unspecified atom stereocenters. The van der Waals surface area contributed by atoms with E-state index in [-0.39, 0.29) is 5.41 Å². The molecule has 1 aromatic carbocycles. The van der Waals surface area contributed by atoms with Gasteiger partial charge in [0.1, 0.15) is 5.58 Å². The summed E-state index contributed by atoms with van der Waals surface area (Å²) in [5.41, 5.74) is 10.7. The minimum atomic E-state index is 0.0985. The molecular weight excluding hydrogens is 222 g/mol. The van der Waals surface area contributed by atoms with Crippen LogP contribution in [0.15, 0.2) is 22.8 Å². The Balaban J connectivity index is 2.70. The minimum absolute atomic E-state index is 0.0985. The van der Waals surface area contributed by atoms with Crippen LogP contribution in [-0.2, 0) is 18.3 Å². The molecule has 2 rings (SSSR count). The van der Waals surface area contributed by atoms with Gasteiger partial charge in [-0.05, 0) is 42.0 Å². The summed E-state index contributed by atoms with van der Waals surface area (Å²) in [5, 5.41) is 1.24. The number of furan rings is 1. The largest absolute Gasteiger partial charge is 0.464 e. The van der Waals surface area contributed by atoms with Crippen molar-refractivity contribution in [3.05, 3.63) is 35.1 Å². The third kappa shape index (κ3) is 2.30. The van der Waals surface area contributed by atoms with Crippen molar-refractivity contribution in [3.63, 3.8) is 0 Å². The highest BCUT2D eigenvalue weighted by Crippen LogP contribution is 2.34. The van der Waals surface area contributed by atoms with Crippen molar-refractivity contribution >= 4 is 11.0 Å². The fraction of sp³-hybridized carbons (Fsp3) is 0.500. The van der Waals surface area contributed by atoms with Gasteiger partial charge in [0.25, 0.3) is 0 Å². The van der Waals surface area contributed by atoms with Crippen LogP contribution in [0.5, 0.6) is 0 Å². The zero-order valence-electron chi connectivity index (χ0n) is 11.8. The monoisotopic (exact) mass is 245 g/mol. The second kappa shape index (κ2) is 4.77. The van der Waals surface area contributed by atoms with Crippen LogP contribution in [0.4, 0.5) is 0 Å². The van der Waals surface area contributed by atoms with Crippen molar-refractivity contribution < 1.29 is 4.42 Å². The number of hydrogen-bond acceptors (Lipinski definition) is 2. The van der Waals surface area contributed by atoms with Crippen LogP contribution in [0.25, 0.3) is 11.0 Å². The van der Waals surface area contributed by atoms with Gasteiger partial charge >= 0.3 is 0 Å². The number of rotatable bonds is 3. The maximum absolute atomic E-state index is 5.80. The topological polar surface area (TPSA) is 39.2 Å². The number of fused-ring (bicyclic) bond motifs is 1. The summed E-state index contributed by atoms with van der Waals surface area (Å²) in [6.45, 7) is 9.54. The molecule has 2 heteroatoms. The van der Waals surface area contributed by atoms with Crippen molar-refractivity contribution in [2.75, 3.05) is 6.54 Å². The summed E-state index contributed by atoms with van der Waals surface area (Å²) >= 11 is 0. The van der Waals surface area contributed by atoms with E-state index in [1.807, 2.05) is 6.26 Å². The minimum Gasteiger partial charge on any atom is -0.464 e. The van der Waals surface area contributed by atoms with Gasteiger partial charge in [0, 0.05) is 10.9 Å². The Morgan fingerprint density at radius 2 is 1.94 bits per heavy atom. The standard InChI is InChI=1S/C16H23NO/c1-5-11-8-13-12(6-7-17)10-18-15(13)14(9-11)16(2,3)4/h8-10H,5-7,17H2,1-4H3. The van der Waals surface area contributed by atoms with Crippen LogP contribution in [0.1, 0.15) is 44.4 Å². The quantitative estimate of drug-likeness (QED) is 0.893. The lowest BCUT2D eigenvalue weighted by molar-refractivity contribution is 0.556. The Morgan fingerprint density at radius 3 is 2.50 bits per heavy atom. The van der Waals surface area contributed by atoms with E-state index >= 15 is 0 Å². The first-order chi connectivity index (χ1) is 8.47. The van der Waals surface area contributed by atoms with E-state index in [4.69, 9.17) is 10.2 Å². The van der Waals surface area contributed by atoms with Gasteiger partial charge in [0.15, 0.2) is 0 Å². The highest BCUT2D eigenvalue weighted by atomic mass is 16.3. The van der Waals surface area contributed by atoms with Crippen LogP contribution in [0.2, 0.25) is 0 Å². The molecule has 0 spiro atoms. The highest BCUT2D eigenvalue weighted by molar-refractivity contribution is 5.85. The van der Waals surface area contributed by atoms with Gasteiger partial charge in [-0.3, -0.25) is 0 Å². The second-order valence-electron chi connectivity index (χ2n) is 5.92. The maximum Gasteiger partial charge on any atom is 0.137 e. The van der Waals surface area contributed by atoms with Crippen molar-refractivity contribution in [1.29, 1.82) is 0 Å². The SMILES string of the molecule is CCc1cc(C(C)(C)C)c2occ(CCN)c2c1. The number of nitrogens with two attached hydrogens (primary N) is 1. The summed E-state index contributed by atoms with van der Waals surface area (Å²) < 4.78 is 5.80. The van der Waals surface area contributed by atoms with Gasteiger partial charge < -0.3 is 10.2 Å². The first kappa shape index (κ1) is 13.2. The molecule has 0 aliphatic rings. The smallest absolute Gasteiger partial charge is 0.137 e. The molecule has 0 fully saturated rings. The molecule has 18 heavy (non-hydrogen) atoms. The van der Waals surface area contributed by atoms with Gasteiger partial charge in [-0.25, -0.2) is 0 Å². The van der Waals surface area contributed by atoms with Gasteiger partial charge in [-0.2, -0.15) is 0 Å². The molecule has 1 aromatic heterocycles. The van der Waals surface area contributed by atoms with Gasteiger partial charge in [0.2, 0.25) is 0 Å². The molecule has 2 nitrogen and oxygen atoms in total. The van der Waals surface area contributed by atoms with Crippen molar-refractivity contribution in [3.8, 4) is 0 Å². The molecule has 0 bridgehead atoms. The Bertz CT molecular complexity index is 546. The van der Waals surface area contributed by atoms with Crippen molar-refractivity contribution in [2.45, 2.75) is 46.0 Å². The van der Waals surface area contributed by atoms with E-state index < -0.39 is 0 Å². The molecule has 98 valence electrons. The molecule has 0 aliphatic heterocycles. The molecule has 2 N–H and O–H groups in total. The fourth-order valence-electron chi connectivity index (χ4n) is 2.36. The molecule has 0 saturated heterocycles. The lowest BCUT2D eigenvalue weighted by Gasteiger charge is -2.20. The molecule has 0 saturated carbocycles. The van der Waals surface area contributed by atoms with E-state index in [9.17, 15) is 0 Å². The predicted octanol–water partition coefficient (Wildman–Crippen LogP) is 3.79. The molecule has 0 atom stereocenters. The molecule has 1 heterocycles. The number of benzene rings is 1. The molecule has 0 amide bonds. The van der Waals surface area contributed by atoms with Crippen molar-refractivity contribution in [1.82, 2.24) is 0 Å². The van der Waals surface area contributed by atoms with Crippen LogP contribution in [0.3, 0.4) is 0 Å². The predicted molar refractivity (Wildman–Crippen MR) is 77.1 cm³/mol. The Hall–Kier alpha value is -1.28. The summed E-state index contributed by atoms with van der Waals surface area (Å²) in [5.74, 6) is 0.